The van der Waals surface area contributed by atoms with Gasteiger partial charge in [-0.05, 0) is 6.42 Å². The first-order valence-corrected chi connectivity index (χ1v) is 5.80. The third-order valence-electron chi connectivity index (χ3n) is 1.10. The molecular weight excluding hydrogens is 200 g/mol. The first-order chi connectivity index (χ1) is 6.72. The minimum absolute atomic E-state index is 0.315. The van der Waals surface area contributed by atoms with Gasteiger partial charge in [-0.15, -0.1) is 0 Å². The van der Waals surface area contributed by atoms with Crippen LogP contribution in [0.15, 0.2) is 12.7 Å². The molecule has 0 amide bonds. The zero-order chi connectivity index (χ0) is 11.2. The van der Waals surface area contributed by atoms with Crippen molar-refractivity contribution in [3.8, 4) is 0 Å². The van der Waals surface area contributed by atoms with Crippen LogP contribution in [0.5, 0.6) is 0 Å². The lowest BCUT2D eigenvalue weighted by Crippen LogP contribution is -2.00. The average molecular weight is 219 g/mol. The van der Waals surface area contributed by atoms with Crippen LogP contribution in [-0.2, 0) is 19.0 Å². The third kappa shape index (κ3) is 17.4. The van der Waals surface area contributed by atoms with Gasteiger partial charge in [0.15, 0.2) is 0 Å². The Bertz CT molecular complexity index is 137. The molecule has 0 unspecified atom stereocenters. The van der Waals surface area contributed by atoms with Crippen molar-refractivity contribution in [3.63, 3.8) is 0 Å². The summed E-state index contributed by atoms with van der Waals surface area (Å²) in [6, 6.07) is 1.18. The van der Waals surface area contributed by atoms with E-state index in [1.54, 1.807) is 0 Å². The zero-order valence-electron chi connectivity index (χ0n) is 9.12. The molecule has 1 radical (unpaired) electrons. The molecule has 0 aromatic carbocycles. The highest BCUT2D eigenvalue weighted by Gasteiger charge is 1.91. The van der Waals surface area contributed by atoms with Gasteiger partial charge in [-0.2, -0.15) is 0 Å². The Morgan fingerprint density at radius 1 is 1.43 bits per heavy atom. The summed E-state index contributed by atoms with van der Waals surface area (Å²) in [5.41, 5.74) is 0. The second-order valence-electron chi connectivity index (χ2n) is 2.29. The van der Waals surface area contributed by atoms with Gasteiger partial charge >= 0.3 is 5.97 Å². The Morgan fingerprint density at radius 2 is 2.00 bits per heavy atom. The van der Waals surface area contributed by atoms with E-state index in [-0.39, 0.29) is 5.97 Å². The second kappa shape index (κ2) is 14.8. The monoisotopic (exact) mass is 219 g/mol. The zero-order valence-corrected chi connectivity index (χ0v) is 11.1. The molecule has 0 saturated heterocycles. The van der Waals surface area contributed by atoms with Gasteiger partial charge in [-0.3, -0.25) is 0 Å². The number of carbonyl (C=O) groups excluding carboxylic acids is 1. The van der Waals surface area contributed by atoms with Gasteiger partial charge in [0.25, 0.3) is 0 Å². The lowest BCUT2D eigenvalue weighted by molar-refractivity contribution is -0.137. The van der Waals surface area contributed by atoms with Crippen molar-refractivity contribution in [3.05, 3.63) is 19.4 Å². The Kier molecular flexibility index (Phi) is 16.8. The molecule has 5 heteroatoms. The van der Waals surface area contributed by atoms with E-state index in [1.165, 1.54) is 43.4 Å². The molecule has 0 aromatic rings. The summed E-state index contributed by atoms with van der Waals surface area (Å²) in [6.07, 6.45) is 2.18. The van der Waals surface area contributed by atoms with Gasteiger partial charge < -0.3 is 14.2 Å². The molecule has 83 valence electrons. The molecule has 0 aliphatic rings. The van der Waals surface area contributed by atoms with Crippen LogP contribution >= 0.6 is 0 Å². The quantitative estimate of drug-likeness (QED) is 0.279. The molecule has 14 heavy (non-hydrogen) atoms. The second-order valence-corrected chi connectivity index (χ2v) is 3.29. The largest absolute Gasteiger partial charge is 0.463 e. The fourth-order valence-corrected chi connectivity index (χ4v) is 0.761. The van der Waals surface area contributed by atoms with Crippen LogP contribution in [0.3, 0.4) is 0 Å². The van der Waals surface area contributed by atoms with E-state index in [0.717, 1.165) is 6.42 Å². The third-order valence-corrected chi connectivity index (χ3v) is 1.81. The van der Waals surface area contributed by atoms with Crippen molar-refractivity contribution in [1.29, 1.82) is 0 Å². The van der Waals surface area contributed by atoms with Gasteiger partial charge in [0, 0.05) is 30.5 Å². The smallest absolute Gasteiger partial charge is 0.330 e. The lowest BCUT2D eigenvalue weighted by Gasteiger charge is -1.97. The molecule has 0 spiro atoms. The lowest BCUT2D eigenvalue weighted by atomic mass is 10.5. The first-order valence-electron chi connectivity index (χ1n) is 4.39. The summed E-state index contributed by atoms with van der Waals surface area (Å²) in [7, 11) is 4.25. The molecule has 0 atom stereocenters. The Labute approximate surface area is 88.6 Å². The van der Waals surface area contributed by atoms with Crippen LogP contribution in [0, 0.1) is 6.79 Å². The van der Waals surface area contributed by atoms with Crippen LogP contribution in [0.25, 0.3) is 0 Å². The van der Waals surface area contributed by atoms with Crippen molar-refractivity contribution in [1.82, 2.24) is 0 Å². The Hall–Kier alpha value is -0.653. The van der Waals surface area contributed by atoms with Crippen molar-refractivity contribution in [2.24, 2.45) is 0 Å². The number of rotatable bonds is 6. The first kappa shape index (κ1) is 15.8. The van der Waals surface area contributed by atoms with Crippen LogP contribution < -0.4 is 0 Å². The van der Waals surface area contributed by atoms with Crippen LogP contribution in [0.1, 0.15) is 6.42 Å². The molecule has 0 rings (SSSR count). The average Bonchev–Trinajstić information content (AvgIpc) is 2.20. The Balaban J connectivity index is 0. The maximum Gasteiger partial charge on any atom is 0.330 e. The summed E-state index contributed by atoms with van der Waals surface area (Å²) in [4.78, 5) is 10.4. The normalized spacial score (nSPS) is 8.71. The van der Waals surface area contributed by atoms with Crippen molar-refractivity contribution in [2.45, 2.75) is 12.5 Å². The minimum atomic E-state index is -0.315. The summed E-state index contributed by atoms with van der Waals surface area (Å²) in [6.45, 7) is 5.07. The van der Waals surface area contributed by atoms with Gasteiger partial charge in [0.05, 0.1) is 6.61 Å². The predicted octanol–water partition coefficient (Wildman–Crippen LogP) is 0.288. The number of ether oxygens (including phenoxy) is 3. The summed E-state index contributed by atoms with van der Waals surface area (Å²) in [5, 5.41) is 0. The van der Waals surface area contributed by atoms with E-state index >= 15 is 0 Å². The minimum Gasteiger partial charge on any atom is -0.463 e. The van der Waals surface area contributed by atoms with Gasteiger partial charge in [-0.25, -0.2) is 4.79 Å². The molecule has 0 N–H and O–H groups in total. The molecule has 0 fully saturated rings. The van der Waals surface area contributed by atoms with Gasteiger partial charge in [0.2, 0.25) is 6.79 Å². The number of esters is 1. The topological polar surface area (TPSA) is 44.8 Å². The highest BCUT2D eigenvalue weighted by atomic mass is 28.1. The molecule has 0 bridgehead atoms. The standard InChI is InChI=1S/C6H12O2Si.C3H7O2/c1-2-6(7)8-4-3-5-9;1-4-3-5-2/h2H,1,3-5H2,9H3;3H,1-2H3. The summed E-state index contributed by atoms with van der Waals surface area (Å²) < 4.78 is 13.4. The van der Waals surface area contributed by atoms with E-state index < -0.39 is 0 Å². The molecule has 0 saturated carbocycles. The number of carbonyl (C=O) groups is 1. The molecular formula is C9H19O4Si. The summed E-state index contributed by atoms with van der Waals surface area (Å²) in [5.74, 6) is -0.315. The van der Waals surface area contributed by atoms with Crippen LogP contribution in [0.4, 0.5) is 0 Å². The van der Waals surface area contributed by atoms with E-state index in [9.17, 15) is 4.79 Å². The number of methoxy groups -OCH3 is 2. The van der Waals surface area contributed by atoms with E-state index in [2.05, 4.69) is 16.1 Å². The van der Waals surface area contributed by atoms with Gasteiger partial charge in [-0.1, -0.05) is 12.6 Å². The van der Waals surface area contributed by atoms with Crippen molar-refractivity contribution in [2.75, 3.05) is 20.8 Å². The molecule has 0 aromatic heterocycles. The maximum atomic E-state index is 10.4. The summed E-state index contributed by atoms with van der Waals surface area (Å²) >= 11 is 0. The predicted molar refractivity (Wildman–Crippen MR) is 58.8 cm³/mol. The SMILES string of the molecule is C=CC(=O)OCCC[SiH3].CO[CH]OC. The van der Waals surface area contributed by atoms with Crippen molar-refractivity contribution >= 4 is 16.2 Å². The van der Waals surface area contributed by atoms with E-state index in [1.807, 2.05) is 0 Å². The molecule has 0 aliphatic heterocycles. The van der Waals surface area contributed by atoms with Gasteiger partial charge in [0.1, 0.15) is 0 Å². The number of hydrogen-bond acceptors (Lipinski definition) is 4. The van der Waals surface area contributed by atoms with E-state index in [0.29, 0.717) is 6.61 Å². The van der Waals surface area contributed by atoms with Crippen LogP contribution in [-0.4, -0.2) is 37.0 Å². The Morgan fingerprint density at radius 3 is 2.29 bits per heavy atom. The molecule has 4 nitrogen and oxygen atoms in total. The molecule has 0 heterocycles. The number of hydrogen-bond donors (Lipinski definition) is 0. The highest BCUT2D eigenvalue weighted by molar-refractivity contribution is 6.08. The fourth-order valence-electron chi connectivity index (χ4n) is 0.472. The van der Waals surface area contributed by atoms with Crippen molar-refractivity contribution < 1.29 is 19.0 Å². The van der Waals surface area contributed by atoms with Crippen LogP contribution in [0.2, 0.25) is 6.04 Å². The highest BCUT2D eigenvalue weighted by Crippen LogP contribution is 1.86. The van der Waals surface area contributed by atoms with E-state index in [4.69, 9.17) is 4.74 Å². The maximum absolute atomic E-state index is 10.4. The fraction of sp³-hybridized carbons (Fsp3) is 0.556. The molecule has 0 aliphatic carbocycles.